The number of hydrogen-bond acceptors (Lipinski definition) is 13. The number of carbonyl (C=O) groups is 3. The molecule has 0 bridgehead atoms. The number of rotatable bonds is 12. The van der Waals surface area contributed by atoms with Crippen LogP contribution in [0, 0.1) is 10.1 Å². The van der Waals surface area contributed by atoms with Gasteiger partial charge in [-0.25, -0.2) is 0 Å². The molecule has 0 aromatic heterocycles. The molecule has 38 heavy (non-hydrogen) atoms. The molecule has 5 atom stereocenters. The molecule has 1 aliphatic rings. The van der Waals surface area contributed by atoms with E-state index >= 15 is 0 Å². The molecule has 14 nitrogen and oxygen atoms in total. The highest BCUT2D eigenvalue weighted by Gasteiger charge is 2.52. The van der Waals surface area contributed by atoms with Crippen LogP contribution >= 0.6 is 7.60 Å². The van der Waals surface area contributed by atoms with E-state index in [2.05, 4.69) is 0 Å². The number of nitro groups is 1. The standard InChI is InChI=1S/C23H30NO13P/c1-6-31-38(30,32-7-2)13-12-19-20(33-14(3)25)21(34-15(4)26)22(35-16(5)27)23(37-19)36-18-10-8-17(9-11-18)24(28)29/h8-13,19-23H,6-7H2,1-5H3/b13-12+/t19-,20-,21+,22+,23+/m1/s1. The quantitative estimate of drug-likeness (QED) is 0.120. The second-order valence-electron chi connectivity index (χ2n) is 7.78. The number of hydrogen-bond donors (Lipinski definition) is 0. The van der Waals surface area contributed by atoms with Gasteiger partial charge < -0.3 is 32.7 Å². The van der Waals surface area contributed by atoms with Gasteiger partial charge in [-0.3, -0.25) is 29.1 Å². The van der Waals surface area contributed by atoms with Crippen molar-refractivity contribution in [2.24, 2.45) is 0 Å². The molecule has 1 aliphatic heterocycles. The monoisotopic (exact) mass is 559 g/mol. The molecule has 15 heteroatoms. The zero-order valence-corrected chi connectivity index (χ0v) is 22.4. The molecule has 1 fully saturated rings. The Morgan fingerprint density at radius 2 is 1.42 bits per heavy atom. The number of nitrogens with zero attached hydrogens (tertiary/aromatic N) is 1. The fraction of sp³-hybridized carbons (Fsp3) is 0.522. The molecule has 0 spiro atoms. The summed E-state index contributed by atoms with van der Waals surface area (Å²) < 4.78 is 51.3. The normalized spacial score (nSPS) is 23.4. The molecule has 0 aliphatic carbocycles. The van der Waals surface area contributed by atoms with Crippen LogP contribution in [0.5, 0.6) is 5.75 Å². The first-order valence-corrected chi connectivity index (χ1v) is 13.2. The van der Waals surface area contributed by atoms with E-state index in [-0.39, 0.29) is 24.7 Å². The van der Waals surface area contributed by atoms with Gasteiger partial charge in [0.15, 0.2) is 12.2 Å². The van der Waals surface area contributed by atoms with Crippen LogP contribution in [0.4, 0.5) is 5.69 Å². The van der Waals surface area contributed by atoms with E-state index in [1.165, 1.54) is 30.3 Å². The van der Waals surface area contributed by atoms with Gasteiger partial charge in [-0.05, 0) is 32.1 Å². The number of benzene rings is 1. The van der Waals surface area contributed by atoms with E-state index < -0.39 is 61.1 Å². The van der Waals surface area contributed by atoms with Crippen LogP contribution in [-0.2, 0) is 46.9 Å². The van der Waals surface area contributed by atoms with Crippen LogP contribution in [-0.4, -0.2) is 66.8 Å². The van der Waals surface area contributed by atoms with Gasteiger partial charge in [-0.15, -0.1) is 0 Å². The maximum Gasteiger partial charge on any atom is 0.353 e. The van der Waals surface area contributed by atoms with Gasteiger partial charge >= 0.3 is 25.5 Å². The summed E-state index contributed by atoms with van der Waals surface area (Å²) in [6, 6.07) is 4.94. The Hall–Kier alpha value is -3.32. The topological polar surface area (TPSA) is 176 Å². The molecular weight excluding hydrogens is 529 g/mol. The second kappa shape index (κ2) is 14.0. The molecule has 0 saturated carbocycles. The van der Waals surface area contributed by atoms with Gasteiger partial charge in [-0.1, -0.05) is 0 Å². The van der Waals surface area contributed by atoms with Gasteiger partial charge in [0.05, 0.1) is 18.1 Å². The first-order valence-electron chi connectivity index (χ1n) is 11.6. The number of nitro benzene ring substituents is 1. The summed E-state index contributed by atoms with van der Waals surface area (Å²) in [4.78, 5) is 46.2. The average Bonchev–Trinajstić information content (AvgIpc) is 2.81. The minimum Gasteiger partial charge on any atom is -0.461 e. The lowest BCUT2D eigenvalue weighted by atomic mass is 9.97. The highest BCUT2D eigenvalue weighted by atomic mass is 31.2. The molecule has 1 saturated heterocycles. The molecule has 1 aromatic rings. The van der Waals surface area contributed by atoms with Crippen molar-refractivity contribution in [2.75, 3.05) is 13.2 Å². The predicted octanol–water partition coefficient (Wildman–Crippen LogP) is 3.27. The van der Waals surface area contributed by atoms with E-state index in [4.69, 9.17) is 32.7 Å². The largest absolute Gasteiger partial charge is 0.461 e. The zero-order chi connectivity index (χ0) is 28.5. The Labute approximate surface area is 218 Å². The third-order valence-corrected chi connectivity index (χ3v) is 6.59. The van der Waals surface area contributed by atoms with E-state index in [1.807, 2.05) is 0 Å². The van der Waals surface area contributed by atoms with E-state index in [0.717, 1.165) is 26.6 Å². The lowest BCUT2D eigenvalue weighted by molar-refractivity contribution is -0.384. The lowest BCUT2D eigenvalue weighted by Gasteiger charge is -2.43. The second-order valence-corrected chi connectivity index (χ2v) is 9.67. The van der Waals surface area contributed by atoms with Crippen molar-refractivity contribution < 1.29 is 56.6 Å². The van der Waals surface area contributed by atoms with Crippen molar-refractivity contribution in [1.82, 2.24) is 0 Å². The first-order chi connectivity index (χ1) is 17.9. The molecule has 1 aromatic carbocycles. The van der Waals surface area contributed by atoms with Gasteiger partial charge in [0.2, 0.25) is 12.4 Å². The fourth-order valence-electron chi connectivity index (χ4n) is 3.51. The first kappa shape index (κ1) is 30.9. The lowest BCUT2D eigenvalue weighted by Crippen LogP contribution is -2.62. The van der Waals surface area contributed by atoms with Gasteiger partial charge in [0, 0.05) is 38.7 Å². The Kier molecular flexibility index (Phi) is 11.4. The summed E-state index contributed by atoms with van der Waals surface area (Å²) in [7, 11) is -3.73. The zero-order valence-electron chi connectivity index (χ0n) is 21.5. The van der Waals surface area contributed by atoms with Crippen molar-refractivity contribution in [2.45, 2.75) is 65.3 Å². The fourth-order valence-corrected chi connectivity index (χ4v) is 4.85. The van der Waals surface area contributed by atoms with Crippen LogP contribution in [0.25, 0.3) is 0 Å². The summed E-state index contributed by atoms with van der Waals surface area (Å²) in [6.07, 6.45) is -5.72. The van der Waals surface area contributed by atoms with E-state index in [9.17, 15) is 29.1 Å². The summed E-state index contributed by atoms with van der Waals surface area (Å²) >= 11 is 0. The van der Waals surface area contributed by atoms with Crippen LogP contribution in [0.2, 0.25) is 0 Å². The van der Waals surface area contributed by atoms with Crippen molar-refractivity contribution >= 4 is 31.2 Å². The number of ether oxygens (including phenoxy) is 5. The third-order valence-electron chi connectivity index (χ3n) is 4.81. The number of non-ortho nitro benzene ring substituents is 1. The van der Waals surface area contributed by atoms with Crippen molar-refractivity contribution in [3.63, 3.8) is 0 Å². The Balaban J connectivity index is 2.55. The molecule has 0 N–H and O–H groups in total. The van der Waals surface area contributed by atoms with Crippen LogP contribution in [0.15, 0.2) is 36.2 Å². The summed E-state index contributed by atoms with van der Waals surface area (Å²) in [5, 5.41) is 11.0. The van der Waals surface area contributed by atoms with Crippen LogP contribution in [0.3, 0.4) is 0 Å². The van der Waals surface area contributed by atoms with Crippen LogP contribution < -0.4 is 4.74 Å². The highest BCUT2D eigenvalue weighted by Crippen LogP contribution is 2.50. The summed E-state index contributed by atoms with van der Waals surface area (Å²) in [6.45, 7) is 6.67. The minimum atomic E-state index is -3.73. The van der Waals surface area contributed by atoms with Crippen molar-refractivity contribution in [1.29, 1.82) is 0 Å². The average molecular weight is 559 g/mol. The SMILES string of the molecule is CCOP(=O)(/C=C/[C@H]1O[C@H](Oc2ccc([N+](=O)[O-])cc2)[C@@H](OC(C)=O)[C@@H](OC(C)=O)[C@@H]1OC(C)=O)OCC. The minimum absolute atomic E-state index is 0.0665. The molecular formula is C23H30NO13P. The third kappa shape index (κ3) is 8.91. The van der Waals surface area contributed by atoms with Gasteiger partial charge in [-0.2, -0.15) is 0 Å². The summed E-state index contributed by atoms with van der Waals surface area (Å²) in [5.41, 5.74) is -0.199. The Morgan fingerprint density at radius 1 is 0.921 bits per heavy atom. The molecule has 2 rings (SSSR count). The van der Waals surface area contributed by atoms with E-state index in [1.54, 1.807) is 13.8 Å². The van der Waals surface area contributed by atoms with Gasteiger partial charge in [0.1, 0.15) is 11.9 Å². The molecule has 0 unspecified atom stereocenters. The molecule has 1 heterocycles. The van der Waals surface area contributed by atoms with Crippen molar-refractivity contribution in [3.8, 4) is 5.75 Å². The maximum absolute atomic E-state index is 13.0. The Morgan fingerprint density at radius 3 is 1.89 bits per heavy atom. The number of carbonyl (C=O) groups excluding carboxylic acids is 3. The van der Waals surface area contributed by atoms with E-state index in [0.29, 0.717) is 0 Å². The maximum atomic E-state index is 13.0. The highest BCUT2D eigenvalue weighted by molar-refractivity contribution is 7.57. The smallest absolute Gasteiger partial charge is 0.353 e. The van der Waals surface area contributed by atoms with Crippen LogP contribution in [0.1, 0.15) is 34.6 Å². The number of esters is 3. The molecule has 0 amide bonds. The van der Waals surface area contributed by atoms with Crippen molar-refractivity contribution in [3.05, 3.63) is 46.3 Å². The van der Waals surface area contributed by atoms with Gasteiger partial charge in [0.25, 0.3) is 5.69 Å². The summed E-state index contributed by atoms with van der Waals surface area (Å²) in [5.74, 6) is -1.16. The molecule has 0 radical (unpaired) electrons. The molecule has 210 valence electrons. The predicted molar refractivity (Wildman–Crippen MR) is 129 cm³/mol. The Bertz CT molecular complexity index is 1060.